The van der Waals surface area contributed by atoms with Crippen LogP contribution in [0.2, 0.25) is 0 Å². The number of allylic oxidation sites excluding steroid dienone is 1. The van der Waals surface area contributed by atoms with Crippen molar-refractivity contribution in [1.82, 2.24) is 0 Å². The van der Waals surface area contributed by atoms with Gasteiger partial charge in [-0.3, -0.25) is 0 Å². The Bertz CT molecular complexity index is 1090. The number of hydrogen-bond acceptors (Lipinski definition) is 1. The molecular formula is C34H44F4O. The largest absolute Gasteiger partial charge is 0.462 e. The molecule has 0 saturated heterocycles. The minimum atomic E-state index is -1.08. The first-order chi connectivity index (χ1) is 18.9. The fourth-order valence-corrected chi connectivity index (χ4v) is 6.91. The Labute approximate surface area is 232 Å². The molecule has 1 nitrogen and oxygen atoms in total. The molecule has 39 heavy (non-hydrogen) atoms. The molecule has 0 N–H and O–H groups in total. The summed E-state index contributed by atoms with van der Waals surface area (Å²) in [5, 5.41) is 0. The lowest BCUT2D eigenvalue weighted by Gasteiger charge is -2.38. The minimum absolute atomic E-state index is 0.0476. The van der Waals surface area contributed by atoms with Gasteiger partial charge in [-0.2, -0.15) is 4.39 Å². The summed E-state index contributed by atoms with van der Waals surface area (Å²) >= 11 is 0. The Hall–Kier alpha value is -2.30. The molecule has 0 aliphatic heterocycles. The van der Waals surface area contributed by atoms with Gasteiger partial charge in [-0.15, -0.1) is 0 Å². The van der Waals surface area contributed by atoms with E-state index in [1.54, 1.807) is 25.1 Å². The molecule has 0 heterocycles. The molecule has 0 amide bonds. The summed E-state index contributed by atoms with van der Waals surface area (Å²) in [5.74, 6) is -1.46. The molecule has 2 aromatic rings. The SMILES string of the molecule is CC=COc1ccc(CCc2ccc(C3CCC(C4CCC(CCCCC)CC4)CC3)c(F)c2F)c(F)c1F. The Balaban J connectivity index is 1.30. The van der Waals surface area contributed by atoms with Gasteiger partial charge in [0.1, 0.15) is 0 Å². The van der Waals surface area contributed by atoms with Gasteiger partial charge < -0.3 is 4.74 Å². The number of aryl methyl sites for hydroxylation is 2. The van der Waals surface area contributed by atoms with Gasteiger partial charge in [0.05, 0.1) is 6.26 Å². The Morgan fingerprint density at radius 3 is 1.92 bits per heavy atom. The molecule has 0 spiro atoms. The van der Waals surface area contributed by atoms with Crippen LogP contribution < -0.4 is 4.74 Å². The van der Waals surface area contributed by atoms with E-state index in [-0.39, 0.29) is 35.6 Å². The summed E-state index contributed by atoms with van der Waals surface area (Å²) in [6.07, 6.45) is 17.8. The summed E-state index contributed by atoms with van der Waals surface area (Å²) in [6, 6.07) is 6.11. The number of hydrogen-bond donors (Lipinski definition) is 0. The van der Waals surface area contributed by atoms with E-state index < -0.39 is 23.3 Å². The van der Waals surface area contributed by atoms with Crippen LogP contribution in [0.5, 0.6) is 5.75 Å². The average molecular weight is 545 g/mol. The van der Waals surface area contributed by atoms with Gasteiger partial charge in [-0.05, 0) is 105 Å². The van der Waals surface area contributed by atoms with E-state index in [0.29, 0.717) is 5.56 Å². The summed E-state index contributed by atoms with van der Waals surface area (Å²) in [7, 11) is 0. The van der Waals surface area contributed by atoms with Gasteiger partial charge >= 0.3 is 0 Å². The molecule has 0 unspecified atom stereocenters. The quantitative estimate of drug-likeness (QED) is 0.155. The molecule has 2 aliphatic rings. The van der Waals surface area contributed by atoms with Gasteiger partial charge in [0.15, 0.2) is 23.2 Å². The fraction of sp³-hybridized carbons (Fsp3) is 0.588. The first-order valence-electron chi connectivity index (χ1n) is 15.1. The average Bonchev–Trinajstić information content (AvgIpc) is 2.96. The van der Waals surface area contributed by atoms with Crippen molar-refractivity contribution in [2.75, 3.05) is 0 Å². The van der Waals surface area contributed by atoms with Crippen LogP contribution >= 0.6 is 0 Å². The van der Waals surface area contributed by atoms with Crippen LogP contribution in [0.1, 0.15) is 114 Å². The molecule has 2 aromatic carbocycles. The van der Waals surface area contributed by atoms with Crippen molar-refractivity contribution in [3.05, 3.63) is 76.6 Å². The lowest BCUT2D eigenvalue weighted by Crippen LogP contribution is -2.25. The number of halogens is 4. The van der Waals surface area contributed by atoms with Crippen LogP contribution in [0.3, 0.4) is 0 Å². The van der Waals surface area contributed by atoms with Crippen LogP contribution in [-0.2, 0) is 12.8 Å². The van der Waals surface area contributed by atoms with E-state index in [9.17, 15) is 8.78 Å². The maximum absolute atomic E-state index is 15.2. The van der Waals surface area contributed by atoms with Crippen LogP contribution in [-0.4, -0.2) is 0 Å². The monoisotopic (exact) mass is 544 g/mol. The van der Waals surface area contributed by atoms with E-state index in [1.807, 2.05) is 0 Å². The Kier molecular flexibility index (Phi) is 10.9. The zero-order valence-corrected chi connectivity index (χ0v) is 23.6. The lowest BCUT2D eigenvalue weighted by molar-refractivity contribution is 0.155. The third-order valence-corrected chi connectivity index (χ3v) is 9.30. The predicted molar refractivity (Wildman–Crippen MR) is 150 cm³/mol. The van der Waals surface area contributed by atoms with Crippen molar-refractivity contribution in [2.45, 2.75) is 110 Å². The van der Waals surface area contributed by atoms with E-state index in [0.717, 1.165) is 43.4 Å². The van der Waals surface area contributed by atoms with Crippen LogP contribution in [0.15, 0.2) is 36.6 Å². The van der Waals surface area contributed by atoms with Crippen molar-refractivity contribution in [1.29, 1.82) is 0 Å². The Morgan fingerprint density at radius 2 is 1.31 bits per heavy atom. The second kappa shape index (κ2) is 14.4. The topological polar surface area (TPSA) is 9.23 Å². The molecule has 0 radical (unpaired) electrons. The third-order valence-electron chi connectivity index (χ3n) is 9.30. The third kappa shape index (κ3) is 7.46. The maximum atomic E-state index is 15.2. The first-order valence-corrected chi connectivity index (χ1v) is 15.1. The number of benzene rings is 2. The summed E-state index contributed by atoms with van der Waals surface area (Å²) in [4.78, 5) is 0. The highest BCUT2D eigenvalue weighted by atomic mass is 19.2. The summed E-state index contributed by atoms with van der Waals surface area (Å²) < 4.78 is 64.0. The smallest absolute Gasteiger partial charge is 0.201 e. The summed E-state index contributed by atoms with van der Waals surface area (Å²) in [5.41, 5.74) is 0.768. The molecule has 2 aliphatic carbocycles. The van der Waals surface area contributed by atoms with Gasteiger partial charge in [0.25, 0.3) is 0 Å². The second-order valence-electron chi connectivity index (χ2n) is 11.8. The van der Waals surface area contributed by atoms with Crippen molar-refractivity contribution < 1.29 is 22.3 Å². The van der Waals surface area contributed by atoms with Gasteiger partial charge in [0.2, 0.25) is 5.82 Å². The van der Waals surface area contributed by atoms with Gasteiger partial charge in [-0.25, -0.2) is 13.2 Å². The first kappa shape index (κ1) is 29.7. The highest BCUT2D eigenvalue weighted by Crippen LogP contribution is 2.45. The Morgan fingerprint density at radius 1 is 0.718 bits per heavy atom. The highest BCUT2D eigenvalue weighted by molar-refractivity contribution is 5.34. The fourth-order valence-electron chi connectivity index (χ4n) is 6.91. The highest BCUT2D eigenvalue weighted by Gasteiger charge is 2.32. The van der Waals surface area contributed by atoms with E-state index in [1.165, 1.54) is 69.8 Å². The predicted octanol–water partition coefficient (Wildman–Crippen LogP) is 10.6. The maximum Gasteiger partial charge on any atom is 0.201 e. The minimum Gasteiger partial charge on any atom is -0.462 e. The number of ether oxygens (including phenoxy) is 1. The van der Waals surface area contributed by atoms with Crippen molar-refractivity contribution in [3.8, 4) is 5.75 Å². The van der Waals surface area contributed by atoms with Crippen molar-refractivity contribution in [3.63, 3.8) is 0 Å². The molecular weight excluding hydrogens is 500 g/mol. The number of rotatable bonds is 11. The summed E-state index contributed by atoms with van der Waals surface area (Å²) in [6.45, 7) is 3.96. The molecule has 4 rings (SSSR count). The lowest BCUT2D eigenvalue weighted by atomic mass is 9.68. The van der Waals surface area contributed by atoms with E-state index in [2.05, 4.69) is 6.92 Å². The van der Waals surface area contributed by atoms with Gasteiger partial charge in [-0.1, -0.05) is 69.7 Å². The van der Waals surface area contributed by atoms with Crippen LogP contribution in [0.25, 0.3) is 0 Å². The molecule has 0 bridgehead atoms. The van der Waals surface area contributed by atoms with E-state index >= 15 is 8.78 Å². The molecule has 0 aromatic heterocycles. The molecule has 2 saturated carbocycles. The zero-order valence-electron chi connectivity index (χ0n) is 23.6. The van der Waals surface area contributed by atoms with Crippen LogP contribution in [0.4, 0.5) is 17.6 Å². The molecule has 5 heteroatoms. The van der Waals surface area contributed by atoms with Gasteiger partial charge in [0, 0.05) is 0 Å². The second-order valence-corrected chi connectivity index (χ2v) is 11.8. The van der Waals surface area contributed by atoms with Crippen molar-refractivity contribution in [2.24, 2.45) is 17.8 Å². The molecule has 2 fully saturated rings. The number of unbranched alkanes of at least 4 members (excludes halogenated alkanes) is 2. The molecule has 214 valence electrons. The molecule has 0 atom stereocenters. The van der Waals surface area contributed by atoms with Crippen molar-refractivity contribution >= 4 is 0 Å². The zero-order chi connectivity index (χ0) is 27.8. The normalized spacial score (nSPS) is 23.8. The standard InChI is InChI=1S/C34H44F4O/c1-3-5-6-7-23-8-10-24(11-9-23)25-12-14-26(15-13-25)29-20-18-27(31(35)33(29)37)16-17-28-19-21-30(39-22-4-2)34(38)32(28)36/h4,18-26H,3,5-17H2,1-2H3. The van der Waals surface area contributed by atoms with E-state index in [4.69, 9.17) is 4.74 Å². The van der Waals surface area contributed by atoms with Crippen LogP contribution in [0, 0.1) is 41.0 Å².